The number of anilines is 2. The van der Waals surface area contributed by atoms with Gasteiger partial charge in [0, 0.05) is 26.0 Å². The van der Waals surface area contributed by atoms with Crippen LogP contribution in [-0.4, -0.2) is 30.6 Å². The summed E-state index contributed by atoms with van der Waals surface area (Å²) in [7, 11) is 0. The molecule has 0 spiro atoms. The van der Waals surface area contributed by atoms with Crippen LogP contribution in [0.1, 0.15) is 48.5 Å². The van der Waals surface area contributed by atoms with Gasteiger partial charge in [0.1, 0.15) is 5.82 Å². The molecule has 1 aliphatic rings. The van der Waals surface area contributed by atoms with Crippen molar-refractivity contribution in [3.05, 3.63) is 53.2 Å². The van der Waals surface area contributed by atoms with E-state index in [2.05, 4.69) is 15.6 Å². The van der Waals surface area contributed by atoms with E-state index in [4.69, 9.17) is 4.74 Å². The molecule has 2 aromatic rings. The number of halogens is 2. The number of nitrogens with one attached hydrogen (secondary N) is 2. The van der Waals surface area contributed by atoms with E-state index in [1.807, 2.05) is 13.8 Å². The number of carbonyl (C=O) groups is 1. The molecule has 0 aliphatic carbocycles. The van der Waals surface area contributed by atoms with Crippen LogP contribution in [0.3, 0.4) is 0 Å². The first-order chi connectivity index (χ1) is 13.5. The van der Waals surface area contributed by atoms with Crippen molar-refractivity contribution in [1.82, 2.24) is 10.3 Å². The van der Waals surface area contributed by atoms with Gasteiger partial charge in [-0.3, -0.25) is 4.79 Å². The number of benzene rings is 1. The van der Waals surface area contributed by atoms with Crippen molar-refractivity contribution in [3.63, 3.8) is 0 Å². The number of amides is 1. The Hall–Kier alpha value is -2.54. The van der Waals surface area contributed by atoms with Gasteiger partial charge in [0.2, 0.25) is 0 Å². The summed E-state index contributed by atoms with van der Waals surface area (Å²) < 4.78 is 32.6. The topological polar surface area (TPSA) is 63.2 Å². The summed E-state index contributed by atoms with van der Waals surface area (Å²) >= 11 is 0. The standard InChI is InChI=1S/C21H25F2N3O2/c1-13(2)15-10-19(26-18-5-3-4-17(22)20(18)23)24-12-16(15)21(27)25-11-14-6-8-28-9-7-14/h3-5,10,12-14H,6-9,11H2,1-2H3,(H,24,26)(H,25,27). The Balaban J connectivity index is 1.75. The van der Waals surface area contributed by atoms with Gasteiger partial charge in [-0.05, 0) is 48.4 Å². The van der Waals surface area contributed by atoms with Crippen LogP contribution in [0.5, 0.6) is 0 Å². The maximum atomic E-state index is 13.9. The third kappa shape index (κ3) is 4.84. The summed E-state index contributed by atoms with van der Waals surface area (Å²) in [6, 6.07) is 5.61. The SMILES string of the molecule is CC(C)c1cc(Nc2cccc(F)c2F)ncc1C(=O)NCC1CCOCC1. The van der Waals surface area contributed by atoms with Gasteiger partial charge >= 0.3 is 0 Å². The van der Waals surface area contributed by atoms with Crippen LogP contribution >= 0.6 is 0 Å². The molecule has 1 aliphatic heterocycles. The van der Waals surface area contributed by atoms with Crippen LogP contribution in [0.25, 0.3) is 0 Å². The van der Waals surface area contributed by atoms with E-state index in [0.717, 1.165) is 37.7 Å². The van der Waals surface area contributed by atoms with Gasteiger partial charge < -0.3 is 15.4 Å². The first-order valence-corrected chi connectivity index (χ1v) is 9.52. The zero-order valence-electron chi connectivity index (χ0n) is 16.1. The van der Waals surface area contributed by atoms with Crippen molar-refractivity contribution in [1.29, 1.82) is 0 Å². The van der Waals surface area contributed by atoms with Crippen molar-refractivity contribution in [2.24, 2.45) is 5.92 Å². The molecule has 1 fully saturated rings. The van der Waals surface area contributed by atoms with E-state index >= 15 is 0 Å². The molecular weight excluding hydrogens is 364 g/mol. The average molecular weight is 389 g/mol. The number of rotatable bonds is 6. The predicted molar refractivity (Wildman–Crippen MR) is 104 cm³/mol. The maximum absolute atomic E-state index is 13.9. The predicted octanol–water partition coefficient (Wildman–Crippen LogP) is 4.38. The second-order valence-electron chi connectivity index (χ2n) is 7.30. The largest absolute Gasteiger partial charge is 0.381 e. The van der Waals surface area contributed by atoms with E-state index in [1.54, 1.807) is 6.07 Å². The second kappa shape index (κ2) is 9.10. The lowest BCUT2D eigenvalue weighted by atomic mass is 9.97. The van der Waals surface area contributed by atoms with Gasteiger partial charge in [-0.25, -0.2) is 13.8 Å². The number of ether oxygens (including phenoxy) is 1. The highest BCUT2D eigenvalue weighted by molar-refractivity contribution is 5.95. The maximum Gasteiger partial charge on any atom is 0.253 e. The summed E-state index contributed by atoms with van der Waals surface area (Å²) in [5.41, 5.74) is 1.28. The molecule has 1 aromatic carbocycles. The molecule has 1 aromatic heterocycles. The zero-order valence-corrected chi connectivity index (χ0v) is 16.1. The van der Waals surface area contributed by atoms with Gasteiger partial charge in [-0.1, -0.05) is 19.9 Å². The Kier molecular flexibility index (Phi) is 6.57. The molecule has 3 rings (SSSR count). The average Bonchev–Trinajstić information content (AvgIpc) is 2.70. The van der Waals surface area contributed by atoms with Gasteiger partial charge in [0.05, 0.1) is 11.3 Å². The Morgan fingerprint density at radius 2 is 2.04 bits per heavy atom. The number of carbonyl (C=O) groups excluding carboxylic acids is 1. The van der Waals surface area contributed by atoms with Crippen molar-refractivity contribution >= 4 is 17.4 Å². The molecule has 2 heterocycles. The molecule has 28 heavy (non-hydrogen) atoms. The number of nitrogens with zero attached hydrogens (tertiary/aromatic N) is 1. The molecule has 7 heteroatoms. The number of pyridine rings is 1. The van der Waals surface area contributed by atoms with Crippen LogP contribution < -0.4 is 10.6 Å². The third-order valence-electron chi connectivity index (χ3n) is 4.91. The van der Waals surface area contributed by atoms with Crippen LogP contribution in [-0.2, 0) is 4.74 Å². The molecule has 0 saturated carbocycles. The molecule has 1 saturated heterocycles. The molecule has 1 amide bonds. The summed E-state index contributed by atoms with van der Waals surface area (Å²) in [4.78, 5) is 16.9. The fourth-order valence-corrected chi connectivity index (χ4v) is 3.23. The van der Waals surface area contributed by atoms with Crippen LogP contribution in [0.4, 0.5) is 20.3 Å². The lowest BCUT2D eigenvalue weighted by molar-refractivity contribution is 0.0642. The summed E-state index contributed by atoms with van der Waals surface area (Å²) in [5, 5.41) is 5.77. The number of aromatic nitrogens is 1. The lowest BCUT2D eigenvalue weighted by Crippen LogP contribution is -2.32. The van der Waals surface area contributed by atoms with E-state index in [9.17, 15) is 13.6 Å². The Morgan fingerprint density at radius 3 is 2.75 bits per heavy atom. The first kappa shape index (κ1) is 20.2. The molecule has 5 nitrogen and oxygen atoms in total. The number of hydrogen-bond donors (Lipinski definition) is 2. The fraction of sp³-hybridized carbons (Fsp3) is 0.429. The molecule has 150 valence electrons. The highest BCUT2D eigenvalue weighted by Gasteiger charge is 2.19. The minimum atomic E-state index is -0.964. The van der Waals surface area contributed by atoms with E-state index in [0.29, 0.717) is 23.8 Å². The van der Waals surface area contributed by atoms with Gasteiger partial charge in [-0.15, -0.1) is 0 Å². The molecule has 0 atom stereocenters. The van der Waals surface area contributed by atoms with Crippen molar-refractivity contribution in [3.8, 4) is 0 Å². The summed E-state index contributed by atoms with van der Waals surface area (Å²) in [6.07, 6.45) is 3.36. The molecule has 2 N–H and O–H groups in total. The third-order valence-corrected chi connectivity index (χ3v) is 4.91. The highest BCUT2D eigenvalue weighted by atomic mass is 19.2. The monoisotopic (exact) mass is 389 g/mol. The smallest absolute Gasteiger partial charge is 0.253 e. The highest BCUT2D eigenvalue weighted by Crippen LogP contribution is 2.26. The Morgan fingerprint density at radius 1 is 1.29 bits per heavy atom. The van der Waals surface area contributed by atoms with E-state index < -0.39 is 11.6 Å². The van der Waals surface area contributed by atoms with E-state index in [-0.39, 0.29) is 17.5 Å². The second-order valence-corrected chi connectivity index (χ2v) is 7.30. The molecule has 0 bridgehead atoms. The fourth-order valence-electron chi connectivity index (χ4n) is 3.23. The quantitative estimate of drug-likeness (QED) is 0.770. The number of hydrogen-bond acceptors (Lipinski definition) is 4. The van der Waals surface area contributed by atoms with E-state index in [1.165, 1.54) is 18.3 Å². The van der Waals surface area contributed by atoms with Gasteiger partial charge in [0.15, 0.2) is 11.6 Å². The Labute approximate surface area is 163 Å². The minimum Gasteiger partial charge on any atom is -0.381 e. The van der Waals surface area contributed by atoms with Gasteiger partial charge in [-0.2, -0.15) is 0 Å². The van der Waals surface area contributed by atoms with Crippen molar-refractivity contribution < 1.29 is 18.3 Å². The molecule has 0 unspecified atom stereocenters. The minimum absolute atomic E-state index is 0.000995. The summed E-state index contributed by atoms with van der Waals surface area (Å²) in [5.74, 6) is -1.23. The Bertz CT molecular complexity index is 836. The normalized spacial score (nSPS) is 14.9. The summed E-state index contributed by atoms with van der Waals surface area (Å²) in [6.45, 7) is 6.01. The zero-order chi connectivity index (χ0) is 20.1. The molecule has 0 radical (unpaired) electrons. The van der Waals surface area contributed by atoms with Gasteiger partial charge in [0.25, 0.3) is 5.91 Å². The van der Waals surface area contributed by atoms with Crippen molar-refractivity contribution in [2.45, 2.75) is 32.6 Å². The lowest BCUT2D eigenvalue weighted by Gasteiger charge is -2.22. The van der Waals surface area contributed by atoms with Crippen LogP contribution in [0, 0.1) is 17.6 Å². The van der Waals surface area contributed by atoms with Crippen LogP contribution in [0.2, 0.25) is 0 Å². The van der Waals surface area contributed by atoms with Crippen molar-refractivity contribution in [2.75, 3.05) is 25.1 Å². The van der Waals surface area contributed by atoms with Crippen LogP contribution in [0.15, 0.2) is 30.5 Å². The first-order valence-electron chi connectivity index (χ1n) is 9.52. The molecular formula is C21H25F2N3O2.